The largest absolute Gasteiger partial charge is 0.478 e. The first kappa shape index (κ1) is 79.7. The Bertz CT molecular complexity index is 3620. The van der Waals surface area contributed by atoms with Crippen LogP contribution in [0.1, 0.15) is 219 Å². The number of nitrogens with two attached hydrogens (primary N) is 2. The molecule has 0 saturated heterocycles. The van der Waals surface area contributed by atoms with Crippen molar-refractivity contribution in [3.05, 3.63) is 107 Å². The molecular weight excluding hydrogens is 1210 g/mol. The summed E-state index contributed by atoms with van der Waals surface area (Å²) in [4.78, 5) is 94.1. The summed E-state index contributed by atoms with van der Waals surface area (Å²) in [5.74, 6) is -4.02. The van der Waals surface area contributed by atoms with Gasteiger partial charge in [-0.3, -0.25) is 4.79 Å². The number of fused-ring (bicyclic) bond motifs is 5. The maximum atomic E-state index is 12.6. The van der Waals surface area contributed by atoms with Crippen LogP contribution in [0.3, 0.4) is 0 Å². The third-order valence-corrected chi connectivity index (χ3v) is 14.2. The lowest BCUT2D eigenvalue weighted by Gasteiger charge is -2.29. The van der Waals surface area contributed by atoms with Crippen molar-refractivity contribution >= 4 is 80.6 Å². The van der Waals surface area contributed by atoms with Gasteiger partial charge in [-0.2, -0.15) is 0 Å². The number of carboxylic acids is 3. The van der Waals surface area contributed by atoms with Crippen molar-refractivity contribution < 1.29 is 82.8 Å². The number of aromatic nitrogens is 3. The van der Waals surface area contributed by atoms with Gasteiger partial charge in [-0.25, -0.2) is 33.6 Å². The number of aliphatic hydroxyl groups excluding tert-OH is 2. The number of alkyl carbamates (subject to hydrolysis) is 2. The number of aryl methyl sites for hydroxylation is 3. The normalized spacial score (nSPS) is 13.1. The summed E-state index contributed by atoms with van der Waals surface area (Å²) < 4.78 is 26.1. The molecule has 0 fully saturated rings. The number of nitrogens with zero attached hydrogens (tertiary/aromatic N) is 3. The Morgan fingerprint density at radius 2 is 0.936 bits per heavy atom. The number of benzene rings is 3. The molecule has 25 heteroatoms. The van der Waals surface area contributed by atoms with Crippen LogP contribution < -0.4 is 27.4 Å². The molecule has 3 amide bonds. The van der Waals surface area contributed by atoms with E-state index < -0.39 is 69.9 Å². The lowest BCUT2D eigenvalue weighted by atomic mass is 10.0. The second kappa shape index (κ2) is 33.0. The summed E-state index contributed by atoms with van der Waals surface area (Å²) in [6.07, 6.45) is 2.11. The van der Waals surface area contributed by atoms with E-state index in [4.69, 9.17) is 50.8 Å². The summed E-state index contributed by atoms with van der Waals surface area (Å²) in [6.45, 7) is 35.5. The zero-order valence-electron chi connectivity index (χ0n) is 58.0. The van der Waals surface area contributed by atoms with Gasteiger partial charge in [0.25, 0.3) is 5.91 Å². The molecule has 1 aliphatic heterocycles. The van der Waals surface area contributed by atoms with Gasteiger partial charge in [0.1, 0.15) is 28.3 Å². The fourth-order valence-corrected chi connectivity index (χ4v) is 9.30. The predicted octanol–water partition coefficient (Wildman–Crippen LogP) is 10.9. The van der Waals surface area contributed by atoms with E-state index in [0.717, 1.165) is 22.7 Å². The number of aliphatic hydroxyl groups is 2. The van der Waals surface area contributed by atoms with Crippen molar-refractivity contribution in [3.63, 3.8) is 0 Å². The van der Waals surface area contributed by atoms with Crippen LogP contribution in [0.4, 0.5) is 9.59 Å². The minimum atomic E-state index is -1.04. The smallest absolute Gasteiger partial charge is 0.408 e. The van der Waals surface area contributed by atoms with Crippen LogP contribution in [0.15, 0.2) is 72.8 Å². The Morgan fingerprint density at radius 1 is 0.532 bits per heavy atom. The van der Waals surface area contributed by atoms with E-state index >= 15 is 0 Å². The van der Waals surface area contributed by atoms with Crippen LogP contribution >= 0.6 is 0 Å². The molecule has 520 valence electrons. The summed E-state index contributed by atoms with van der Waals surface area (Å²) in [6, 6.07) is 19.8. The van der Waals surface area contributed by atoms with E-state index in [1.54, 1.807) is 93.8 Å². The summed E-state index contributed by atoms with van der Waals surface area (Å²) in [7, 11) is 0. The van der Waals surface area contributed by atoms with Gasteiger partial charge < -0.3 is 85.6 Å². The molecule has 25 nitrogen and oxygen atoms in total. The number of amides is 3. The Morgan fingerprint density at radius 3 is 1.36 bits per heavy atom. The maximum absolute atomic E-state index is 12.6. The Kier molecular flexibility index (Phi) is 28.0. The number of hydrogen-bond donors (Lipinski definition) is 10. The highest BCUT2D eigenvalue weighted by Crippen LogP contribution is 2.29. The monoisotopic (exact) mass is 1310 g/mol. The Hall–Kier alpha value is -8.52. The Labute approximate surface area is 550 Å². The van der Waals surface area contributed by atoms with Gasteiger partial charge in [-0.1, -0.05) is 18.2 Å². The van der Waals surface area contributed by atoms with Crippen molar-refractivity contribution in [3.8, 4) is 0 Å². The van der Waals surface area contributed by atoms with Gasteiger partial charge >= 0.3 is 42.0 Å². The van der Waals surface area contributed by atoms with E-state index in [1.807, 2.05) is 105 Å². The summed E-state index contributed by atoms with van der Waals surface area (Å²) >= 11 is 0. The number of carbonyl (C=O) groups excluding carboxylic acids is 5. The molecule has 12 N–H and O–H groups in total. The molecule has 3 aromatic heterocycles. The van der Waals surface area contributed by atoms with E-state index in [1.165, 1.54) is 12.1 Å². The molecule has 7 rings (SSSR count). The highest BCUT2D eigenvalue weighted by Gasteiger charge is 2.30. The first-order valence-corrected chi connectivity index (χ1v) is 31.2. The molecule has 94 heavy (non-hydrogen) atoms. The van der Waals surface area contributed by atoms with Gasteiger partial charge in [-0.15, -0.1) is 0 Å². The van der Waals surface area contributed by atoms with Crippen molar-refractivity contribution in [2.75, 3.05) is 26.4 Å². The fraction of sp³-hybridized carbons (Fsp3) is 0.536. The van der Waals surface area contributed by atoms with Crippen LogP contribution in [0, 0.1) is 0 Å². The number of nitrogens with one attached hydrogen (secondary N) is 3. The molecular formula is C69H102N8O17. The van der Waals surface area contributed by atoms with Gasteiger partial charge in [0.2, 0.25) is 0 Å². The lowest BCUT2D eigenvalue weighted by Crippen LogP contribution is -2.46. The molecule has 0 spiro atoms. The number of carbonyl (C=O) groups is 8. The second-order valence-electron chi connectivity index (χ2n) is 28.3. The van der Waals surface area contributed by atoms with E-state index in [2.05, 4.69) is 16.0 Å². The molecule has 0 unspecified atom stereocenters. The highest BCUT2D eigenvalue weighted by molar-refractivity contribution is 6.02. The SMILES string of the molecule is CC(C)(CCO)NC(=O)OC(C)(C)C.CC(C)(N)CCO.CC(C)(N)CCn1c(C(=O)O)cc2ccc(C(=O)O)cc21.CC1(C)CCn2c(cc3ccc(C(=O)O)cc32)C(=O)N1.CCOC(=O)c1ccc2cc(C(=O)OCC)n(CCC(C)(C)NC(=O)OC(C)(C)C)c2c1. The summed E-state index contributed by atoms with van der Waals surface area (Å²) in [5.41, 5.74) is 12.4. The van der Waals surface area contributed by atoms with Crippen LogP contribution in [-0.2, 0) is 38.6 Å². The van der Waals surface area contributed by atoms with Crippen molar-refractivity contribution in [1.82, 2.24) is 29.7 Å². The quantitative estimate of drug-likeness (QED) is 0.0266. The van der Waals surface area contributed by atoms with Crippen LogP contribution in [0.2, 0.25) is 0 Å². The van der Waals surface area contributed by atoms with Crippen molar-refractivity contribution in [2.45, 2.75) is 215 Å². The number of ether oxygens (including phenoxy) is 4. The number of hydrogen-bond acceptors (Lipinski definition) is 16. The van der Waals surface area contributed by atoms with Crippen molar-refractivity contribution in [1.29, 1.82) is 0 Å². The van der Waals surface area contributed by atoms with Gasteiger partial charge in [0.05, 0.1) is 29.9 Å². The average molecular weight is 1320 g/mol. The average Bonchev–Trinajstić information content (AvgIpc) is 1.64. The number of aromatic carboxylic acids is 3. The number of carboxylic acid groups (broad SMARTS) is 3. The molecule has 0 bridgehead atoms. The van der Waals surface area contributed by atoms with Crippen LogP contribution in [0.25, 0.3) is 32.7 Å². The third-order valence-electron chi connectivity index (χ3n) is 14.2. The first-order chi connectivity index (χ1) is 43.1. The molecule has 6 aromatic rings. The van der Waals surface area contributed by atoms with E-state index in [9.17, 15) is 43.5 Å². The first-order valence-electron chi connectivity index (χ1n) is 31.2. The number of rotatable bonds is 19. The molecule has 0 aliphatic carbocycles. The maximum Gasteiger partial charge on any atom is 0.408 e. The van der Waals surface area contributed by atoms with Gasteiger partial charge in [0.15, 0.2) is 0 Å². The lowest BCUT2D eigenvalue weighted by molar-refractivity contribution is 0.0448. The van der Waals surface area contributed by atoms with Gasteiger partial charge in [-0.05, 0) is 211 Å². The number of esters is 2. The minimum absolute atomic E-state index is 0.0444. The zero-order valence-corrected chi connectivity index (χ0v) is 58.0. The molecule has 0 atom stereocenters. The highest BCUT2D eigenvalue weighted by atomic mass is 16.6. The fourth-order valence-electron chi connectivity index (χ4n) is 9.30. The standard InChI is InChI=1S/C24H34N2O6.C15H18N2O4.C15H16N2O3.C10H21NO3.C5H13NO/c1-8-30-20(27)17-11-10-16-14-19(21(28)31-9-2)26(18(16)15-17)13-12-24(6,7)25-22(29)32-23(3,4)5;1-15(2,16)5-6-17-11-8-10(13(18)19)4-3-9(11)7-12(17)14(20)21;1-15(2)5-6-17-11-8-10(14(19)20)4-3-9(11)7-12(17)13(18)16-15;1-9(2,3)14-8(13)11-10(4,5)6-7-12;1-5(2,6)3-4-7/h10-11,14-15H,8-9,12-13H2,1-7H3,(H,25,29);3-4,7-8H,5-6,16H2,1-2H3,(H,18,19)(H,20,21);3-4,7-8H,5-6H2,1-2H3,(H,16,18)(H,19,20);12H,6-7H2,1-5H3,(H,11,13);7H,3-4,6H2,1-2H3. The minimum Gasteiger partial charge on any atom is -0.478 e. The summed E-state index contributed by atoms with van der Waals surface area (Å²) in [5, 5.41) is 55.5. The molecule has 3 aromatic carbocycles. The predicted molar refractivity (Wildman–Crippen MR) is 361 cm³/mol. The van der Waals surface area contributed by atoms with Gasteiger partial charge in [0, 0.05) is 93.3 Å². The molecule has 0 radical (unpaired) electrons. The molecule has 4 heterocycles. The zero-order chi connectivity index (χ0) is 71.7. The molecule has 0 saturated carbocycles. The van der Waals surface area contributed by atoms with E-state index in [-0.39, 0.29) is 60.2 Å². The Balaban J connectivity index is 0.000000327. The second-order valence-corrected chi connectivity index (χ2v) is 28.3. The van der Waals surface area contributed by atoms with Crippen LogP contribution in [-0.4, -0.2) is 152 Å². The third kappa shape index (κ3) is 26.1. The van der Waals surface area contributed by atoms with Crippen molar-refractivity contribution in [2.24, 2.45) is 11.5 Å². The van der Waals surface area contributed by atoms with Crippen LogP contribution in [0.5, 0.6) is 0 Å². The molecule has 1 aliphatic rings. The topological polar surface area (TPSA) is 378 Å². The van der Waals surface area contributed by atoms with E-state index in [0.29, 0.717) is 78.7 Å².